The maximum Gasteiger partial charge on any atom is 0.150 e. The average Bonchev–Trinajstić information content (AvgIpc) is 2.99. The van der Waals surface area contributed by atoms with Crippen molar-refractivity contribution < 1.29 is 29.3 Å². The number of aldehydes is 2. The summed E-state index contributed by atoms with van der Waals surface area (Å²) in [5, 5.41) is 23.0. The van der Waals surface area contributed by atoms with Crippen molar-refractivity contribution in [3.05, 3.63) is 116 Å². The zero-order valence-electron chi connectivity index (χ0n) is 24.1. The van der Waals surface area contributed by atoms with Crippen LogP contribution in [-0.2, 0) is 25.7 Å². The van der Waals surface area contributed by atoms with Crippen LogP contribution in [0.5, 0.6) is 23.0 Å². The van der Waals surface area contributed by atoms with Crippen LogP contribution < -0.4 is 9.47 Å². The highest BCUT2D eigenvalue weighted by Crippen LogP contribution is 2.38. The van der Waals surface area contributed by atoms with Gasteiger partial charge in [0, 0.05) is 36.8 Å². The van der Waals surface area contributed by atoms with Gasteiger partial charge in [-0.15, -0.1) is 0 Å². The van der Waals surface area contributed by atoms with E-state index in [1.165, 1.54) is 0 Å². The van der Waals surface area contributed by atoms with Gasteiger partial charge in [0.2, 0.25) is 0 Å². The Morgan fingerprint density at radius 2 is 0.881 bits per heavy atom. The molecule has 0 aromatic heterocycles. The van der Waals surface area contributed by atoms with Gasteiger partial charge in [0.05, 0.1) is 13.2 Å². The molecule has 0 fully saturated rings. The Bertz CT molecular complexity index is 1410. The number of hydrogen-bond donors (Lipinski definition) is 2. The van der Waals surface area contributed by atoms with Crippen LogP contribution in [0.2, 0.25) is 0 Å². The lowest BCUT2D eigenvalue weighted by Gasteiger charge is -2.21. The first-order valence-corrected chi connectivity index (χ1v) is 14.5. The third-order valence-corrected chi connectivity index (χ3v) is 7.63. The smallest absolute Gasteiger partial charge is 0.150 e. The Hall–Kier alpha value is -4.58. The van der Waals surface area contributed by atoms with E-state index in [0.717, 1.165) is 47.7 Å². The molecule has 6 heteroatoms. The molecule has 0 spiro atoms. The molecule has 0 heterocycles. The van der Waals surface area contributed by atoms with Gasteiger partial charge in [-0.05, 0) is 81.6 Å². The standard InChI is InChI=1S/C36H36O6/c1-3-11-41-35-25-7-5-8-26(35)18-30-14-24(22-38)16-32(34(30)40)20-28-10-6-9-27(36(28)42-12-4-2)19-31-15-23(21-37)13-29(17-25)33(31)39/h5-10,13-16,21-22,39-40H,3-4,11-12,17-20H2,1-2H3. The molecule has 6 nitrogen and oxygen atoms in total. The van der Waals surface area contributed by atoms with Gasteiger partial charge in [0.15, 0.2) is 0 Å². The summed E-state index contributed by atoms with van der Waals surface area (Å²) in [6.45, 7) is 5.06. The summed E-state index contributed by atoms with van der Waals surface area (Å²) >= 11 is 0. The Kier molecular flexibility index (Phi) is 8.91. The number of phenolic OH excluding ortho intramolecular Hbond substituents is 2. The van der Waals surface area contributed by atoms with E-state index < -0.39 is 0 Å². The molecule has 0 aliphatic heterocycles. The first-order chi connectivity index (χ1) is 20.4. The first kappa shape index (κ1) is 28.9. The summed E-state index contributed by atoms with van der Waals surface area (Å²) in [5.74, 6) is 1.65. The van der Waals surface area contributed by atoms with Crippen LogP contribution in [0.1, 0.15) is 91.9 Å². The molecule has 0 atom stereocenters. The lowest BCUT2D eigenvalue weighted by Crippen LogP contribution is -2.07. The van der Waals surface area contributed by atoms with Crippen molar-refractivity contribution in [1.29, 1.82) is 0 Å². The lowest BCUT2D eigenvalue weighted by molar-refractivity contribution is 0.111. The number of para-hydroxylation sites is 2. The second-order valence-electron chi connectivity index (χ2n) is 10.8. The summed E-state index contributed by atoms with van der Waals surface area (Å²) in [6, 6.07) is 18.6. The number of carbonyl (C=O) groups excluding carboxylic acids is 2. The maximum absolute atomic E-state index is 12.0. The molecule has 1 aliphatic rings. The molecule has 0 saturated heterocycles. The molecule has 0 unspecified atom stereocenters. The molecule has 4 aromatic carbocycles. The van der Waals surface area contributed by atoms with Crippen molar-refractivity contribution in [3.8, 4) is 23.0 Å². The van der Waals surface area contributed by atoms with Crippen molar-refractivity contribution in [3.63, 3.8) is 0 Å². The number of hydrogen-bond acceptors (Lipinski definition) is 6. The number of aromatic hydroxyl groups is 2. The van der Waals surface area contributed by atoms with Gasteiger partial charge in [-0.2, -0.15) is 0 Å². The second kappa shape index (κ2) is 12.9. The quantitative estimate of drug-likeness (QED) is 0.198. The molecular formula is C36H36O6. The van der Waals surface area contributed by atoms with E-state index >= 15 is 0 Å². The van der Waals surface area contributed by atoms with Crippen LogP contribution in [-0.4, -0.2) is 36.0 Å². The van der Waals surface area contributed by atoms with Gasteiger partial charge >= 0.3 is 0 Å². The van der Waals surface area contributed by atoms with Crippen LogP contribution in [0.15, 0.2) is 60.7 Å². The Morgan fingerprint density at radius 1 is 0.571 bits per heavy atom. The zero-order chi connectivity index (χ0) is 29.6. The molecule has 1 aliphatic carbocycles. The summed E-state index contributed by atoms with van der Waals surface area (Å²) in [4.78, 5) is 24.0. The normalized spacial score (nSPS) is 12.4. The van der Waals surface area contributed by atoms with E-state index in [1.807, 2.05) is 50.2 Å². The predicted molar refractivity (Wildman–Crippen MR) is 163 cm³/mol. The summed E-state index contributed by atoms with van der Waals surface area (Å²) < 4.78 is 12.5. The minimum absolute atomic E-state index is 0.143. The van der Waals surface area contributed by atoms with E-state index in [2.05, 4.69) is 0 Å². The summed E-state index contributed by atoms with van der Waals surface area (Å²) in [6.07, 6.45) is 4.61. The third-order valence-electron chi connectivity index (χ3n) is 7.63. The molecule has 42 heavy (non-hydrogen) atoms. The minimum Gasteiger partial charge on any atom is -0.507 e. The van der Waals surface area contributed by atoms with Gasteiger partial charge in [-0.1, -0.05) is 50.2 Å². The third kappa shape index (κ3) is 6.03. The van der Waals surface area contributed by atoms with Crippen molar-refractivity contribution >= 4 is 12.6 Å². The number of ether oxygens (including phenoxy) is 2. The SMILES string of the molecule is CCCOc1c2cccc1Cc1cc(C=O)cc(c1O)Cc1cccc(c1OCCC)Cc1cc(C=O)cc(c1O)C2. The van der Waals surface area contributed by atoms with Crippen LogP contribution in [0.3, 0.4) is 0 Å². The summed E-state index contributed by atoms with van der Waals surface area (Å²) in [5.41, 5.74) is 6.91. The maximum atomic E-state index is 12.0. The lowest BCUT2D eigenvalue weighted by atomic mass is 9.90. The number of phenols is 2. The topological polar surface area (TPSA) is 93.1 Å². The van der Waals surface area contributed by atoms with Crippen molar-refractivity contribution in [1.82, 2.24) is 0 Å². The second-order valence-corrected chi connectivity index (χ2v) is 10.8. The van der Waals surface area contributed by atoms with Crippen molar-refractivity contribution in [2.24, 2.45) is 0 Å². The predicted octanol–water partition coefficient (Wildman–Crippen LogP) is 6.98. The molecule has 8 bridgehead atoms. The van der Waals surface area contributed by atoms with Crippen LogP contribution in [0.25, 0.3) is 0 Å². The molecule has 2 N–H and O–H groups in total. The van der Waals surface area contributed by atoms with E-state index in [-0.39, 0.29) is 11.5 Å². The number of benzene rings is 4. The average molecular weight is 565 g/mol. The zero-order valence-corrected chi connectivity index (χ0v) is 24.1. The fourth-order valence-corrected chi connectivity index (χ4v) is 5.68. The fourth-order valence-electron chi connectivity index (χ4n) is 5.68. The number of rotatable bonds is 8. The molecule has 5 rings (SSSR count). The van der Waals surface area contributed by atoms with Gasteiger partial charge in [0.1, 0.15) is 35.6 Å². The highest BCUT2D eigenvalue weighted by molar-refractivity contribution is 5.78. The monoisotopic (exact) mass is 564 g/mol. The van der Waals surface area contributed by atoms with E-state index in [1.54, 1.807) is 24.3 Å². The molecule has 0 radical (unpaired) electrons. The van der Waals surface area contributed by atoms with E-state index in [0.29, 0.717) is 83.8 Å². The fraction of sp³-hybridized carbons (Fsp3) is 0.278. The van der Waals surface area contributed by atoms with Gasteiger partial charge in [-0.25, -0.2) is 0 Å². The molecule has 0 saturated carbocycles. The molecule has 4 aromatic rings. The minimum atomic E-state index is 0.143. The summed E-state index contributed by atoms with van der Waals surface area (Å²) in [7, 11) is 0. The number of fused-ring (bicyclic) bond motifs is 8. The Morgan fingerprint density at radius 3 is 1.14 bits per heavy atom. The highest BCUT2D eigenvalue weighted by atomic mass is 16.5. The molecular weight excluding hydrogens is 528 g/mol. The Balaban J connectivity index is 1.78. The largest absolute Gasteiger partial charge is 0.507 e. The van der Waals surface area contributed by atoms with E-state index in [4.69, 9.17) is 9.47 Å². The highest BCUT2D eigenvalue weighted by Gasteiger charge is 2.21. The van der Waals surface area contributed by atoms with Crippen LogP contribution in [0, 0.1) is 0 Å². The Labute approximate surface area is 246 Å². The van der Waals surface area contributed by atoms with Gasteiger partial charge in [0.25, 0.3) is 0 Å². The van der Waals surface area contributed by atoms with Crippen LogP contribution >= 0.6 is 0 Å². The van der Waals surface area contributed by atoms with Crippen molar-refractivity contribution in [2.45, 2.75) is 52.4 Å². The number of carbonyl (C=O) groups is 2. The van der Waals surface area contributed by atoms with E-state index in [9.17, 15) is 19.8 Å². The van der Waals surface area contributed by atoms with Crippen molar-refractivity contribution in [2.75, 3.05) is 13.2 Å². The van der Waals surface area contributed by atoms with Gasteiger partial charge < -0.3 is 19.7 Å². The molecule has 0 amide bonds. The van der Waals surface area contributed by atoms with Crippen LogP contribution in [0.4, 0.5) is 0 Å². The first-order valence-electron chi connectivity index (χ1n) is 14.5. The molecule has 216 valence electrons. The van der Waals surface area contributed by atoms with Gasteiger partial charge in [-0.3, -0.25) is 9.59 Å².